The fourth-order valence-corrected chi connectivity index (χ4v) is 3.71. The number of amides is 2. The Kier molecular flexibility index (Phi) is 4.09. The Balaban J connectivity index is 1.92. The Morgan fingerprint density at radius 3 is 2.57 bits per heavy atom. The molecule has 2 aliphatic rings. The Morgan fingerprint density at radius 1 is 1.26 bits per heavy atom. The number of anilines is 1. The lowest BCUT2D eigenvalue weighted by Gasteiger charge is -2.26. The van der Waals surface area contributed by atoms with Crippen LogP contribution in [0, 0.1) is 11.8 Å². The van der Waals surface area contributed by atoms with Gasteiger partial charge >= 0.3 is 0 Å². The summed E-state index contributed by atoms with van der Waals surface area (Å²) in [5.74, 6) is 0.261. The summed E-state index contributed by atoms with van der Waals surface area (Å²) in [6, 6.07) is 3.45. The van der Waals surface area contributed by atoms with E-state index in [1.807, 2.05) is 25.7 Å². The number of carbonyl (C=O) groups is 2. The Morgan fingerprint density at radius 2 is 1.91 bits per heavy atom. The highest BCUT2D eigenvalue weighted by molar-refractivity contribution is 6.42. The molecule has 1 aromatic carbocycles. The zero-order valence-electron chi connectivity index (χ0n) is 13.5. The van der Waals surface area contributed by atoms with E-state index in [2.05, 4.69) is 5.32 Å². The van der Waals surface area contributed by atoms with Crippen molar-refractivity contribution < 1.29 is 9.59 Å². The van der Waals surface area contributed by atoms with Gasteiger partial charge in [-0.15, -0.1) is 0 Å². The van der Waals surface area contributed by atoms with Crippen LogP contribution in [0.1, 0.15) is 32.8 Å². The van der Waals surface area contributed by atoms with Gasteiger partial charge in [0, 0.05) is 24.7 Å². The molecule has 2 amide bonds. The summed E-state index contributed by atoms with van der Waals surface area (Å²) in [6.45, 7) is 7.00. The maximum atomic E-state index is 12.6. The first-order chi connectivity index (χ1) is 10.8. The van der Waals surface area contributed by atoms with Crippen molar-refractivity contribution in [3.8, 4) is 0 Å². The number of halogens is 2. The molecule has 6 heteroatoms. The molecule has 0 bridgehead atoms. The van der Waals surface area contributed by atoms with Gasteiger partial charge in [-0.2, -0.15) is 0 Å². The Labute approximate surface area is 146 Å². The molecule has 4 nitrogen and oxygen atoms in total. The molecule has 1 N–H and O–H groups in total. The molecule has 2 atom stereocenters. The van der Waals surface area contributed by atoms with E-state index in [-0.39, 0.29) is 23.7 Å². The summed E-state index contributed by atoms with van der Waals surface area (Å²) in [4.78, 5) is 27.0. The molecule has 1 aromatic rings. The zero-order chi connectivity index (χ0) is 16.9. The molecule has 1 spiro atoms. The molecule has 124 valence electrons. The second-order valence-corrected chi connectivity index (χ2v) is 7.71. The first kappa shape index (κ1) is 16.6. The molecule has 3 rings (SSSR count). The van der Waals surface area contributed by atoms with Gasteiger partial charge in [0.05, 0.1) is 15.5 Å². The summed E-state index contributed by atoms with van der Waals surface area (Å²) in [7, 11) is 0. The monoisotopic (exact) mass is 354 g/mol. The summed E-state index contributed by atoms with van der Waals surface area (Å²) in [6.07, 6.45) is 0.611. The molecule has 2 aliphatic heterocycles. The van der Waals surface area contributed by atoms with Gasteiger partial charge in [0.2, 0.25) is 11.8 Å². The number of benzene rings is 1. The number of nitrogens with one attached hydrogen (secondary N) is 1. The lowest BCUT2D eigenvalue weighted by atomic mass is 9.81. The second kappa shape index (κ2) is 5.67. The first-order valence-electron chi connectivity index (χ1n) is 7.86. The Hall–Kier alpha value is -1.26. The van der Waals surface area contributed by atoms with Gasteiger partial charge in [-0.25, -0.2) is 0 Å². The second-order valence-electron chi connectivity index (χ2n) is 6.89. The van der Waals surface area contributed by atoms with Crippen LogP contribution in [0.4, 0.5) is 5.69 Å². The van der Waals surface area contributed by atoms with Crippen LogP contribution in [-0.4, -0.2) is 29.8 Å². The van der Waals surface area contributed by atoms with E-state index in [9.17, 15) is 9.59 Å². The largest absolute Gasteiger partial charge is 0.341 e. The quantitative estimate of drug-likeness (QED) is 0.879. The van der Waals surface area contributed by atoms with Gasteiger partial charge < -0.3 is 10.2 Å². The fourth-order valence-electron chi connectivity index (χ4n) is 3.39. The summed E-state index contributed by atoms with van der Waals surface area (Å²) in [5.41, 5.74) is 0.857. The predicted octanol–water partition coefficient (Wildman–Crippen LogP) is 3.71. The third kappa shape index (κ3) is 2.52. The standard InChI is InChI=1S/C17H20Cl2N2O2/c1-9(2)10(3)15(22)21-5-4-17(8-21)11-6-12(18)13(19)7-14(11)20-16(17)23/h6-7,9-10H,4-5,8H2,1-3H3,(H,20,23)/t10-,17+/m0/s1. The van der Waals surface area contributed by atoms with Gasteiger partial charge in [0.25, 0.3) is 0 Å². The lowest BCUT2D eigenvalue weighted by Crippen LogP contribution is -2.41. The molecule has 23 heavy (non-hydrogen) atoms. The van der Waals surface area contributed by atoms with E-state index in [1.165, 1.54) is 0 Å². The smallest absolute Gasteiger partial charge is 0.237 e. The van der Waals surface area contributed by atoms with Crippen molar-refractivity contribution in [1.29, 1.82) is 0 Å². The number of hydrogen-bond donors (Lipinski definition) is 1. The highest BCUT2D eigenvalue weighted by atomic mass is 35.5. The van der Waals surface area contributed by atoms with E-state index in [0.717, 1.165) is 5.56 Å². The van der Waals surface area contributed by atoms with Gasteiger partial charge in [-0.05, 0) is 30.0 Å². The van der Waals surface area contributed by atoms with Crippen molar-refractivity contribution in [3.05, 3.63) is 27.7 Å². The van der Waals surface area contributed by atoms with Crippen molar-refractivity contribution in [2.75, 3.05) is 18.4 Å². The predicted molar refractivity (Wildman–Crippen MR) is 92.0 cm³/mol. The van der Waals surface area contributed by atoms with E-state index < -0.39 is 5.41 Å². The van der Waals surface area contributed by atoms with Crippen molar-refractivity contribution in [2.45, 2.75) is 32.6 Å². The van der Waals surface area contributed by atoms with Crippen molar-refractivity contribution >= 4 is 40.7 Å². The third-order valence-corrected chi connectivity index (χ3v) is 5.95. The average molecular weight is 355 g/mol. The fraction of sp³-hybridized carbons (Fsp3) is 0.529. The van der Waals surface area contributed by atoms with E-state index in [1.54, 1.807) is 12.1 Å². The third-order valence-electron chi connectivity index (χ3n) is 5.23. The molecule has 0 radical (unpaired) electrons. The van der Waals surface area contributed by atoms with Crippen LogP contribution in [0.3, 0.4) is 0 Å². The molecular weight excluding hydrogens is 335 g/mol. The number of hydrogen-bond acceptors (Lipinski definition) is 2. The minimum absolute atomic E-state index is 0.0529. The molecule has 2 heterocycles. The molecule has 0 saturated carbocycles. The molecule has 1 saturated heterocycles. The number of nitrogens with zero attached hydrogens (tertiary/aromatic N) is 1. The average Bonchev–Trinajstić information content (AvgIpc) is 3.04. The van der Waals surface area contributed by atoms with E-state index >= 15 is 0 Å². The maximum Gasteiger partial charge on any atom is 0.237 e. The number of carbonyl (C=O) groups excluding carboxylic acids is 2. The highest BCUT2D eigenvalue weighted by Crippen LogP contribution is 2.47. The normalized spacial score (nSPS) is 24.3. The molecule has 0 aliphatic carbocycles. The minimum atomic E-state index is -0.698. The Bertz CT molecular complexity index is 689. The van der Waals surface area contributed by atoms with Crippen molar-refractivity contribution in [3.63, 3.8) is 0 Å². The summed E-state index contributed by atoms with van der Waals surface area (Å²) < 4.78 is 0. The van der Waals surface area contributed by atoms with Crippen LogP contribution >= 0.6 is 23.2 Å². The van der Waals surface area contributed by atoms with E-state index in [4.69, 9.17) is 23.2 Å². The molecular formula is C17H20Cl2N2O2. The number of fused-ring (bicyclic) bond motifs is 2. The van der Waals surface area contributed by atoms with Crippen LogP contribution in [0.25, 0.3) is 0 Å². The van der Waals surface area contributed by atoms with Gasteiger partial charge in [0.1, 0.15) is 0 Å². The van der Waals surface area contributed by atoms with E-state index in [0.29, 0.717) is 35.2 Å². The first-order valence-corrected chi connectivity index (χ1v) is 8.61. The minimum Gasteiger partial charge on any atom is -0.341 e. The van der Waals surface area contributed by atoms with Crippen LogP contribution in [0.2, 0.25) is 10.0 Å². The van der Waals surface area contributed by atoms with Gasteiger partial charge in [0.15, 0.2) is 0 Å². The number of likely N-dealkylation sites (tertiary alicyclic amines) is 1. The molecule has 0 aromatic heterocycles. The van der Waals surface area contributed by atoms with Crippen LogP contribution in [0.5, 0.6) is 0 Å². The molecule has 0 unspecified atom stereocenters. The SMILES string of the molecule is CC(C)[C@H](C)C(=O)N1CC[C@]2(C1)C(=O)Nc1cc(Cl)c(Cl)cc12. The lowest BCUT2D eigenvalue weighted by molar-refractivity contribution is -0.135. The molecule has 1 fully saturated rings. The van der Waals surface area contributed by atoms with Crippen LogP contribution in [0.15, 0.2) is 12.1 Å². The zero-order valence-corrected chi connectivity index (χ0v) is 15.0. The van der Waals surface area contributed by atoms with Gasteiger partial charge in [-0.3, -0.25) is 9.59 Å². The number of rotatable bonds is 2. The van der Waals surface area contributed by atoms with Gasteiger partial charge in [-0.1, -0.05) is 44.0 Å². The highest BCUT2D eigenvalue weighted by Gasteiger charge is 2.52. The van der Waals surface area contributed by atoms with Crippen LogP contribution < -0.4 is 5.32 Å². The van der Waals surface area contributed by atoms with Crippen molar-refractivity contribution in [2.24, 2.45) is 11.8 Å². The summed E-state index contributed by atoms with van der Waals surface area (Å²) in [5, 5.41) is 3.74. The topological polar surface area (TPSA) is 49.4 Å². The summed E-state index contributed by atoms with van der Waals surface area (Å²) >= 11 is 12.2. The van der Waals surface area contributed by atoms with Crippen molar-refractivity contribution in [1.82, 2.24) is 4.90 Å². The maximum absolute atomic E-state index is 12.6. The van der Waals surface area contributed by atoms with Crippen LogP contribution in [-0.2, 0) is 15.0 Å².